The number of hydrogen-bond acceptors (Lipinski definition) is 3. The standard InChI is InChI=1S/C12H15NO2/c1-9-3-2-4-10(7-9)11(14)12(13)5-6-15-8-12/h2-4,7H,5-6,8,13H2,1H3. The number of Topliss-reactive ketones (excluding diaryl/α,β-unsaturated/α-hetero) is 1. The molecule has 0 bridgehead atoms. The summed E-state index contributed by atoms with van der Waals surface area (Å²) in [6.45, 7) is 2.87. The first kappa shape index (κ1) is 10.3. The van der Waals surface area contributed by atoms with E-state index in [2.05, 4.69) is 0 Å². The van der Waals surface area contributed by atoms with E-state index in [4.69, 9.17) is 10.5 Å². The lowest BCUT2D eigenvalue weighted by Gasteiger charge is -2.19. The van der Waals surface area contributed by atoms with Crippen LogP contribution in [0.15, 0.2) is 24.3 Å². The molecule has 1 fully saturated rings. The fourth-order valence-electron chi connectivity index (χ4n) is 1.83. The van der Waals surface area contributed by atoms with E-state index in [-0.39, 0.29) is 5.78 Å². The Bertz CT molecular complexity index is 381. The molecule has 1 unspecified atom stereocenters. The SMILES string of the molecule is Cc1cccc(C(=O)C2(N)CCOC2)c1. The summed E-state index contributed by atoms with van der Waals surface area (Å²) in [7, 11) is 0. The number of carbonyl (C=O) groups excluding carboxylic acids is 1. The van der Waals surface area contributed by atoms with Crippen LogP contribution in [0.2, 0.25) is 0 Å². The van der Waals surface area contributed by atoms with Crippen LogP contribution in [0.1, 0.15) is 22.3 Å². The molecule has 0 amide bonds. The monoisotopic (exact) mass is 205 g/mol. The summed E-state index contributed by atoms with van der Waals surface area (Å²) >= 11 is 0. The predicted octanol–water partition coefficient (Wildman–Crippen LogP) is 1.30. The maximum absolute atomic E-state index is 12.1. The van der Waals surface area contributed by atoms with Crippen molar-refractivity contribution in [3.63, 3.8) is 0 Å². The largest absolute Gasteiger partial charge is 0.379 e. The van der Waals surface area contributed by atoms with E-state index in [1.807, 2.05) is 31.2 Å². The van der Waals surface area contributed by atoms with Crippen LogP contribution in [0.5, 0.6) is 0 Å². The molecule has 0 spiro atoms. The minimum atomic E-state index is -0.812. The third-order valence-electron chi connectivity index (χ3n) is 2.78. The van der Waals surface area contributed by atoms with Crippen molar-refractivity contribution in [1.29, 1.82) is 0 Å². The van der Waals surface area contributed by atoms with Gasteiger partial charge in [-0.05, 0) is 19.4 Å². The Morgan fingerprint density at radius 1 is 1.53 bits per heavy atom. The van der Waals surface area contributed by atoms with Crippen LogP contribution in [0.25, 0.3) is 0 Å². The Balaban J connectivity index is 2.27. The summed E-state index contributed by atoms with van der Waals surface area (Å²) < 4.78 is 5.19. The van der Waals surface area contributed by atoms with Crippen LogP contribution >= 0.6 is 0 Å². The fourth-order valence-corrected chi connectivity index (χ4v) is 1.83. The zero-order valence-electron chi connectivity index (χ0n) is 8.82. The summed E-state index contributed by atoms with van der Waals surface area (Å²) in [6, 6.07) is 7.52. The molecule has 2 N–H and O–H groups in total. The third kappa shape index (κ3) is 1.94. The number of ether oxygens (including phenoxy) is 1. The van der Waals surface area contributed by atoms with Crippen LogP contribution in [0.3, 0.4) is 0 Å². The summed E-state index contributed by atoms with van der Waals surface area (Å²) in [4.78, 5) is 12.1. The Labute approximate surface area is 89.2 Å². The first-order valence-corrected chi connectivity index (χ1v) is 5.10. The molecule has 1 heterocycles. The van der Waals surface area contributed by atoms with E-state index in [0.29, 0.717) is 25.2 Å². The molecule has 1 aromatic rings. The molecule has 2 rings (SSSR count). The van der Waals surface area contributed by atoms with Crippen molar-refractivity contribution < 1.29 is 9.53 Å². The van der Waals surface area contributed by atoms with Crippen molar-refractivity contribution in [1.82, 2.24) is 0 Å². The highest BCUT2D eigenvalue weighted by molar-refractivity contribution is 6.03. The van der Waals surface area contributed by atoms with Gasteiger partial charge in [-0.1, -0.05) is 23.8 Å². The molecule has 80 valence electrons. The Morgan fingerprint density at radius 3 is 2.93 bits per heavy atom. The molecule has 15 heavy (non-hydrogen) atoms. The van der Waals surface area contributed by atoms with Gasteiger partial charge in [0.05, 0.1) is 6.61 Å². The average molecular weight is 205 g/mol. The smallest absolute Gasteiger partial charge is 0.185 e. The van der Waals surface area contributed by atoms with E-state index in [0.717, 1.165) is 5.56 Å². The van der Waals surface area contributed by atoms with E-state index >= 15 is 0 Å². The first-order chi connectivity index (χ1) is 7.12. The van der Waals surface area contributed by atoms with Gasteiger partial charge in [-0.3, -0.25) is 4.79 Å². The van der Waals surface area contributed by atoms with E-state index in [9.17, 15) is 4.79 Å². The van der Waals surface area contributed by atoms with Crippen molar-refractivity contribution in [2.24, 2.45) is 5.73 Å². The molecular formula is C12H15NO2. The summed E-state index contributed by atoms with van der Waals surface area (Å²) in [5.74, 6) is -0.0105. The summed E-state index contributed by atoms with van der Waals surface area (Å²) in [6.07, 6.45) is 0.611. The van der Waals surface area contributed by atoms with Gasteiger partial charge in [-0.2, -0.15) is 0 Å². The number of carbonyl (C=O) groups is 1. The second-order valence-electron chi connectivity index (χ2n) is 4.16. The molecule has 1 aliphatic rings. The number of aryl methyl sites for hydroxylation is 1. The first-order valence-electron chi connectivity index (χ1n) is 5.10. The lowest BCUT2D eigenvalue weighted by Crippen LogP contribution is -2.48. The van der Waals surface area contributed by atoms with Gasteiger partial charge in [-0.25, -0.2) is 0 Å². The third-order valence-corrected chi connectivity index (χ3v) is 2.78. The Kier molecular flexibility index (Phi) is 2.59. The molecule has 0 saturated carbocycles. The Hall–Kier alpha value is -1.19. The maximum Gasteiger partial charge on any atom is 0.185 e. The minimum absolute atomic E-state index is 0.0105. The molecule has 1 aliphatic heterocycles. The van der Waals surface area contributed by atoms with Crippen molar-refractivity contribution >= 4 is 5.78 Å². The zero-order valence-corrected chi connectivity index (χ0v) is 8.82. The van der Waals surface area contributed by atoms with E-state index < -0.39 is 5.54 Å². The summed E-state index contributed by atoms with van der Waals surface area (Å²) in [5, 5.41) is 0. The lowest BCUT2D eigenvalue weighted by molar-refractivity contribution is 0.0863. The predicted molar refractivity (Wildman–Crippen MR) is 57.9 cm³/mol. The van der Waals surface area contributed by atoms with Crippen LogP contribution in [-0.4, -0.2) is 24.5 Å². The van der Waals surface area contributed by atoms with Crippen molar-refractivity contribution in [2.45, 2.75) is 18.9 Å². The van der Waals surface area contributed by atoms with Gasteiger partial charge in [0, 0.05) is 12.2 Å². The highest BCUT2D eigenvalue weighted by Gasteiger charge is 2.38. The fraction of sp³-hybridized carbons (Fsp3) is 0.417. The molecule has 1 aromatic carbocycles. The number of nitrogens with two attached hydrogens (primary N) is 1. The molecule has 3 heteroatoms. The van der Waals surface area contributed by atoms with Crippen LogP contribution in [0.4, 0.5) is 0 Å². The summed E-state index contributed by atoms with van der Waals surface area (Å²) in [5.41, 5.74) is 6.95. The number of hydrogen-bond donors (Lipinski definition) is 1. The minimum Gasteiger partial charge on any atom is -0.379 e. The molecule has 0 aliphatic carbocycles. The second kappa shape index (κ2) is 3.76. The average Bonchev–Trinajstić information content (AvgIpc) is 2.65. The van der Waals surface area contributed by atoms with Gasteiger partial charge in [0.25, 0.3) is 0 Å². The number of ketones is 1. The maximum atomic E-state index is 12.1. The highest BCUT2D eigenvalue weighted by atomic mass is 16.5. The van der Waals surface area contributed by atoms with Gasteiger partial charge in [-0.15, -0.1) is 0 Å². The van der Waals surface area contributed by atoms with Crippen LogP contribution in [-0.2, 0) is 4.74 Å². The number of benzene rings is 1. The molecule has 1 atom stereocenters. The van der Waals surface area contributed by atoms with Crippen molar-refractivity contribution in [3.05, 3.63) is 35.4 Å². The van der Waals surface area contributed by atoms with E-state index in [1.54, 1.807) is 0 Å². The van der Waals surface area contributed by atoms with Gasteiger partial charge < -0.3 is 10.5 Å². The lowest BCUT2D eigenvalue weighted by atomic mass is 9.89. The molecule has 0 aromatic heterocycles. The number of rotatable bonds is 2. The van der Waals surface area contributed by atoms with Crippen molar-refractivity contribution in [2.75, 3.05) is 13.2 Å². The van der Waals surface area contributed by atoms with Gasteiger partial charge >= 0.3 is 0 Å². The topological polar surface area (TPSA) is 52.3 Å². The zero-order chi connectivity index (χ0) is 10.9. The molecule has 0 radical (unpaired) electrons. The molecule has 1 saturated heterocycles. The van der Waals surface area contributed by atoms with Crippen LogP contribution < -0.4 is 5.73 Å². The van der Waals surface area contributed by atoms with Crippen LogP contribution in [0, 0.1) is 6.92 Å². The highest BCUT2D eigenvalue weighted by Crippen LogP contribution is 2.21. The van der Waals surface area contributed by atoms with Gasteiger partial charge in [0.1, 0.15) is 5.54 Å². The second-order valence-corrected chi connectivity index (χ2v) is 4.16. The quantitative estimate of drug-likeness (QED) is 0.740. The normalized spacial score (nSPS) is 25.5. The molecular weight excluding hydrogens is 190 g/mol. The Morgan fingerprint density at radius 2 is 2.33 bits per heavy atom. The van der Waals surface area contributed by atoms with Gasteiger partial charge in [0.2, 0.25) is 0 Å². The molecule has 3 nitrogen and oxygen atoms in total. The van der Waals surface area contributed by atoms with Gasteiger partial charge in [0.15, 0.2) is 5.78 Å². The van der Waals surface area contributed by atoms with Crippen molar-refractivity contribution in [3.8, 4) is 0 Å². The van der Waals surface area contributed by atoms with E-state index in [1.165, 1.54) is 0 Å².